The molecule has 1 saturated carbocycles. The second-order valence-electron chi connectivity index (χ2n) is 8.18. The zero-order valence-corrected chi connectivity index (χ0v) is 17.8. The monoisotopic (exact) mass is 426 g/mol. The summed E-state index contributed by atoms with van der Waals surface area (Å²) in [5, 5.41) is 29.5. The summed E-state index contributed by atoms with van der Waals surface area (Å²) in [4.78, 5) is 13.3. The maximum atomic E-state index is 11.7. The van der Waals surface area contributed by atoms with E-state index in [0.717, 1.165) is 55.4 Å². The van der Waals surface area contributed by atoms with Gasteiger partial charge in [-0.1, -0.05) is 18.6 Å². The second-order valence-corrected chi connectivity index (χ2v) is 9.87. The maximum Gasteiger partial charge on any atom is 0.346 e. The lowest BCUT2D eigenvalue weighted by molar-refractivity contribution is 0.0700. The number of carboxylic acids is 1. The molecule has 0 saturated heterocycles. The Hall–Kier alpha value is -0.880. The Kier molecular flexibility index (Phi) is 7.98. The van der Waals surface area contributed by atoms with Crippen molar-refractivity contribution in [3.05, 3.63) is 33.5 Å². The largest absolute Gasteiger partial charge is 0.477 e. The van der Waals surface area contributed by atoms with Gasteiger partial charge in [-0.25, -0.2) is 4.79 Å². The van der Waals surface area contributed by atoms with Crippen LogP contribution in [0, 0.1) is 11.8 Å². The van der Waals surface area contributed by atoms with E-state index in [1.165, 1.54) is 11.3 Å². The van der Waals surface area contributed by atoms with E-state index >= 15 is 0 Å². The summed E-state index contributed by atoms with van der Waals surface area (Å²) >= 11 is 7.92. The standard InChI is InChI=1S/C22H31ClO4S/c23-19-13-20(25)17-9-3-1-2-6-14(10-11-24)18-12-15(28-21(18)22(26)27)7-4-5-8-16(17)19/h3,9,12,14,16-17,19-20,24-25H,1-2,4-8,10-11,13H2,(H,26,27)/b9-3+/t14?,16?,17-,19-,20-/m1/s1. The van der Waals surface area contributed by atoms with Gasteiger partial charge in [-0.15, -0.1) is 22.9 Å². The number of rotatable bonds is 3. The number of halogens is 1. The van der Waals surface area contributed by atoms with Gasteiger partial charge in [-0.2, -0.15) is 0 Å². The average Bonchev–Trinajstić information content (AvgIpc) is 3.18. The van der Waals surface area contributed by atoms with Crippen molar-refractivity contribution < 1.29 is 20.1 Å². The molecule has 0 spiro atoms. The molecule has 3 rings (SSSR count). The van der Waals surface area contributed by atoms with Crippen molar-refractivity contribution in [1.82, 2.24) is 0 Å². The zero-order chi connectivity index (χ0) is 20.1. The number of aliphatic hydroxyl groups excluding tert-OH is 2. The topological polar surface area (TPSA) is 77.8 Å². The van der Waals surface area contributed by atoms with Crippen LogP contribution in [0.3, 0.4) is 0 Å². The maximum absolute atomic E-state index is 11.7. The molecule has 1 fully saturated rings. The molecule has 156 valence electrons. The van der Waals surface area contributed by atoms with Gasteiger partial charge in [-0.05, 0) is 74.8 Å². The highest BCUT2D eigenvalue weighted by molar-refractivity contribution is 7.14. The molecule has 0 radical (unpaired) electrons. The van der Waals surface area contributed by atoms with Crippen molar-refractivity contribution in [1.29, 1.82) is 0 Å². The van der Waals surface area contributed by atoms with Gasteiger partial charge in [-0.3, -0.25) is 0 Å². The van der Waals surface area contributed by atoms with E-state index < -0.39 is 5.97 Å². The summed E-state index contributed by atoms with van der Waals surface area (Å²) in [6.45, 7) is 0.0673. The normalized spacial score (nSPS) is 32.9. The summed E-state index contributed by atoms with van der Waals surface area (Å²) in [6, 6.07) is 2.07. The Morgan fingerprint density at radius 2 is 2.07 bits per heavy atom. The first-order valence-corrected chi connectivity index (χ1v) is 11.7. The van der Waals surface area contributed by atoms with Crippen LogP contribution in [0.4, 0.5) is 0 Å². The van der Waals surface area contributed by atoms with Gasteiger partial charge in [0.25, 0.3) is 0 Å². The summed E-state index contributed by atoms with van der Waals surface area (Å²) in [5.74, 6) is -0.319. The van der Waals surface area contributed by atoms with Gasteiger partial charge in [0.1, 0.15) is 4.88 Å². The van der Waals surface area contributed by atoms with Gasteiger partial charge in [0.15, 0.2) is 0 Å². The molecule has 6 heteroatoms. The molecule has 2 unspecified atom stereocenters. The SMILES string of the molecule is O=C(O)c1sc2cc1C(CCO)CCC/C=C/[C@@H]1C(CCCC2)[C@H](Cl)C[C@H]1O. The van der Waals surface area contributed by atoms with E-state index in [1.54, 1.807) is 0 Å². The average molecular weight is 427 g/mol. The highest BCUT2D eigenvalue weighted by atomic mass is 35.5. The fourth-order valence-electron chi connectivity index (χ4n) is 4.81. The zero-order valence-electron chi connectivity index (χ0n) is 16.2. The Labute approximate surface area is 176 Å². The molecule has 3 N–H and O–H groups in total. The summed E-state index contributed by atoms with van der Waals surface area (Å²) < 4.78 is 0. The molecule has 28 heavy (non-hydrogen) atoms. The molecule has 0 aromatic carbocycles. The van der Waals surface area contributed by atoms with E-state index in [2.05, 4.69) is 18.2 Å². The molecule has 0 amide bonds. The summed E-state index contributed by atoms with van der Waals surface area (Å²) in [6.07, 6.45) is 11.8. The van der Waals surface area contributed by atoms with Crippen molar-refractivity contribution in [2.24, 2.45) is 11.8 Å². The number of fused-ring (bicyclic) bond motifs is 3. The van der Waals surface area contributed by atoms with Gasteiger partial charge < -0.3 is 15.3 Å². The fourth-order valence-corrected chi connectivity index (χ4v) is 6.41. The summed E-state index contributed by atoms with van der Waals surface area (Å²) in [5.41, 5.74) is 0.897. The lowest BCUT2D eigenvalue weighted by Gasteiger charge is -2.20. The molecule has 1 aromatic heterocycles. The first-order chi connectivity index (χ1) is 13.5. The minimum Gasteiger partial charge on any atom is -0.477 e. The smallest absolute Gasteiger partial charge is 0.346 e. The third-order valence-corrected chi connectivity index (χ3v) is 7.99. The molecular weight excluding hydrogens is 396 g/mol. The van der Waals surface area contributed by atoms with Crippen molar-refractivity contribution in [3.8, 4) is 0 Å². The predicted molar refractivity (Wildman–Crippen MR) is 114 cm³/mol. The first kappa shape index (κ1) is 21.8. The van der Waals surface area contributed by atoms with Crippen LogP contribution < -0.4 is 0 Å². The third kappa shape index (κ3) is 5.18. The quantitative estimate of drug-likeness (QED) is 0.471. The third-order valence-electron chi connectivity index (χ3n) is 6.29. The molecular formula is C22H31ClO4S. The number of aromatic carboxylic acids is 1. The van der Waals surface area contributed by atoms with Crippen molar-refractivity contribution in [2.45, 2.75) is 75.2 Å². The predicted octanol–water partition coefficient (Wildman–Crippen LogP) is 4.97. The number of allylic oxidation sites excluding steroid dienone is 1. The molecule has 0 aliphatic heterocycles. The fraction of sp³-hybridized carbons (Fsp3) is 0.682. The van der Waals surface area contributed by atoms with E-state index in [-0.39, 0.29) is 29.9 Å². The number of carboxylic acid groups (broad SMARTS) is 1. The van der Waals surface area contributed by atoms with E-state index in [0.29, 0.717) is 23.6 Å². The van der Waals surface area contributed by atoms with E-state index in [9.17, 15) is 20.1 Å². The van der Waals surface area contributed by atoms with Crippen LogP contribution in [0.1, 0.15) is 77.4 Å². The number of thiophene rings is 1. The Morgan fingerprint density at radius 1 is 1.25 bits per heavy atom. The number of aliphatic hydroxyl groups is 2. The van der Waals surface area contributed by atoms with Gasteiger partial charge in [0.2, 0.25) is 0 Å². The Balaban J connectivity index is 1.80. The van der Waals surface area contributed by atoms with Gasteiger partial charge in [0.05, 0.1) is 6.10 Å². The number of alkyl halides is 1. The highest BCUT2D eigenvalue weighted by Gasteiger charge is 2.39. The van der Waals surface area contributed by atoms with Crippen molar-refractivity contribution in [3.63, 3.8) is 0 Å². The molecule has 2 aliphatic carbocycles. The molecule has 1 aromatic rings. The molecule has 2 bridgehead atoms. The number of carbonyl (C=O) groups is 1. The Bertz CT molecular complexity index is 686. The lowest BCUT2D eigenvalue weighted by atomic mass is 9.89. The van der Waals surface area contributed by atoms with Crippen LogP contribution in [0.5, 0.6) is 0 Å². The van der Waals surface area contributed by atoms with Crippen LogP contribution in [-0.4, -0.2) is 39.4 Å². The number of aryl methyl sites for hydroxylation is 1. The van der Waals surface area contributed by atoms with Crippen LogP contribution in [0.25, 0.3) is 0 Å². The van der Waals surface area contributed by atoms with Gasteiger partial charge in [0, 0.05) is 22.8 Å². The van der Waals surface area contributed by atoms with Crippen LogP contribution >= 0.6 is 22.9 Å². The van der Waals surface area contributed by atoms with Crippen LogP contribution in [-0.2, 0) is 6.42 Å². The summed E-state index contributed by atoms with van der Waals surface area (Å²) in [7, 11) is 0. The van der Waals surface area contributed by atoms with Crippen molar-refractivity contribution >= 4 is 28.9 Å². The molecule has 4 nitrogen and oxygen atoms in total. The highest BCUT2D eigenvalue weighted by Crippen LogP contribution is 2.41. The minimum absolute atomic E-state index is 0.0289. The molecule has 5 atom stereocenters. The minimum atomic E-state index is -0.858. The second kappa shape index (κ2) is 10.2. The van der Waals surface area contributed by atoms with Crippen LogP contribution in [0.15, 0.2) is 18.2 Å². The van der Waals surface area contributed by atoms with Crippen molar-refractivity contribution in [2.75, 3.05) is 6.61 Å². The van der Waals surface area contributed by atoms with Gasteiger partial charge >= 0.3 is 5.97 Å². The molecule has 1 heterocycles. The number of hydrogen-bond acceptors (Lipinski definition) is 4. The Morgan fingerprint density at radius 3 is 2.82 bits per heavy atom. The van der Waals surface area contributed by atoms with E-state index in [4.69, 9.17) is 11.6 Å². The molecule has 2 aliphatic rings. The lowest BCUT2D eigenvalue weighted by Crippen LogP contribution is -2.18. The van der Waals surface area contributed by atoms with E-state index in [1.807, 2.05) is 0 Å². The first-order valence-electron chi connectivity index (χ1n) is 10.5. The van der Waals surface area contributed by atoms with Crippen LogP contribution in [0.2, 0.25) is 0 Å². The number of hydrogen-bond donors (Lipinski definition) is 3.